The minimum atomic E-state index is -3.00. The number of carbonyl (C=O) groups excluding carboxylic acids is 1. The van der Waals surface area contributed by atoms with Crippen molar-refractivity contribution in [3.8, 4) is 0 Å². The molecule has 0 aliphatic heterocycles. The van der Waals surface area contributed by atoms with Gasteiger partial charge in [-0.1, -0.05) is 20.8 Å². The van der Waals surface area contributed by atoms with Gasteiger partial charge in [-0.25, -0.2) is 8.78 Å². The Kier molecular flexibility index (Phi) is 8.74. The van der Waals surface area contributed by atoms with Crippen LogP contribution in [-0.2, 0) is 4.79 Å². The topological polar surface area (TPSA) is 55.1 Å². The second-order valence-electron chi connectivity index (χ2n) is 4.26. The van der Waals surface area contributed by atoms with Crippen molar-refractivity contribution < 1.29 is 13.6 Å². The van der Waals surface area contributed by atoms with Gasteiger partial charge < -0.3 is 11.1 Å². The molecule has 0 spiro atoms. The molecule has 0 aromatic rings. The van der Waals surface area contributed by atoms with Gasteiger partial charge in [0.15, 0.2) is 0 Å². The average molecular weight is 259 g/mol. The number of nitrogens with two attached hydrogens (primary N) is 1. The first kappa shape index (κ1) is 18.0. The van der Waals surface area contributed by atoms with Crippen LogP contribution in [-0.4, -0.2) is 24.9 Å². The summed E-state index contributed by atoms with van der Waals surface area (Å²) in [4.78, 5) is 11.2. The minimum absolute atomic E-state index is 0. The van der Waals surface area contributed by atoms with Crippen LogP contribution in [0.25, 0.3) is 0 Å². The van der Waals surface area contributed by atoms with Gasteiger partial charge in [-0.3, -0.25) is 4.79 Å². The van der Waals surface area contributed by atoms with Gasteiger partial charge in [0.1, 0.15) is 0 Å². The summed E-state index contributed by atoms with van der Waals surface area (Å²) in [6.45, 7) is 4.49. The Morgan fingerprint density at radius 3 is 2.25 bits per heavy atom. The van der Waals surface area contributed by atoms with E-state index in [2.05, 4.69) is 5.32 Å². The number of hydrogen-bond donors (Lipinski definition) is 2. The maximum Gasteiger partial charge on any atom is 0.277 e. The van der Waals surface area contributed by atoms with E-state index >= 15 is 0 Å². The van der Waals surface area contributed by atoms with Gasteiger partial charge in [0, 0.05) is 6.42 Å². The molecule has 1 amide bonds. The quantitative estimate of drug-likeness (QED) is 0.763. The van der Waals surface area contributed by atoms with E-state index in [1.165, 1.54) is 0 Å². The number of carbonyl (C=O) groups is 1. The number of hydrogen-bond acceptors (Lipinski definition) is 2. The van der Waals surface area contributed by atoms with E-state index in [0.717, 1.165) is 0 Å². The summed E-state index contributed by atoms with van der Waals surface area (Å²) in [5.41, 5.74) is 4.84. The highest BCUT2D eigenvalue weighted by Crippen LogP contribution is 2.14. The van der Waals surface area contributed by atoms with E-state index in [9.17, 15) is 13.6 Å². The van der Waals surface area contributed by atoms with Crippen molar-refractivity contribution in [1.29, 1.82) is 0 Å². The maximum absolute atomic E-state index is 12.7. The fourth-order valence-corrected chi connectivity index (χ4v) is 0.900. The number of nitrogens with one attached hydrogen (secondary N) is 1. The van der Waals surface area contributed by atoms with Crippen LogP contribution in [0, 0.1) is 11.8 Å². The molecule has 0 aliphatic rings. The molecule has 98 valence electrons. The highest BCUT2D eigenvalue weighted by atomic mass is 35.5. The molecule has 0 heterocycles. The maximum atomic E-state index is 12.7. The van der Waals surface area contributed by atoms with Crippen molar-refractivity contribution in [3.63, 3.8) is 0 Å². The van der Waals surface area contributed by atoms with Crippen LogP contribution < -0.4 is 11.1 Å². The van der Waals surface area contributed by atoms with Crippen molar-refractivity contribution >= 4 is 18.3 Å². The molecule has 0 rings (SSSR count). The molecule has 16 heavy (non-hydrogen) atoms. The normalized spacial score (nSPS) is 13.2. The van der Waals surface area contributed by atoms with Gasteiger partial charge in [0.05, 0.1) is 13.1 Å². The summed E-state index contributed by atoms with van der Waals surface area (Å²) in [6, 6.07) is 0. The molecule has 1 unspecified atom stereocenters. The largest absolute Gasteiger partial charge is 0.350 e. The van der Waals surface area contributed by atoms with Gasteiger partial charge in [0.25, 0.3) is 5.92 Å². The van der Waals surface area contributed by atoms with Crippen LogP contribution in [0.3, 0.4) is 0 Å². The highest BCUT2D eigenvalue weighted by molar-refractivity contribution is 5.85. The molecular formula is C10H21ClF2N2O. The smallest absolute Gasteiger partial charge is 0.277 e. The summed E-state index contributed by atoms with van der Waals surface area (Å²) in [7, 11) is 0. The van der Waals surface area contributed by atoms with E-state index in [4.69, 9.17) is 5.73 Å². The van der Waals surface area contributed by atoms with Crippen LogP contribution >= 0.6 is 12.4 Å². The third-order valence-corrected chi connectivity index (χ3v) is 2.49. The van der Waals surface area contributed by atoms with Gasteiger partial charge >= 0.3 is 0 Å². The first-order valence-electron chi connectivity index (χ1n) is 5.13. The molecule has 3 nitrogen and oxygen atoms in total. The van der Waals surface area contributed by atoms with E-state index in [1.54, 1.807) is 0 Å². The second-order valence-corrected chi connectivity index (χ2v) is 4.26. The van der Waals surface area contributed by atoms with Gasteiger partial charge in [-0.2, -0.15) is 0 Å². The molecule has 1 atom stereocenters. The Morgan fingerprint density at radius 1 is 1.38 bits per heavy atom. The van der Waals surface area contributed by atoms with Crippen molar-refractivity contribution in [3.05, 3.63) is 0 Å². The molecule has 0 fully saturated rings. The monoisotopic (exact) mass is 258 g/mol. The molecule has 0 saturated carbocycles. The van der Waals surface area contributed by atoms with Gasteiger partial charge in [-0.05, 0) is 11.8 Å². The Morgan fingerprint density at radius 2 is 1.88 bits per heavy atom. The Bertz CT molecular complexity index is 213. The van der Waals surface area contributed by atoms with Crippen LogP contribution in [0.2, 0.25) is 0 Å². The third kappa shape index (κ3) is 7.82. The van der Waals surface area contributed by atoms with Crippen molar-refractivity contribution in [2.45, 2.75) is 33.1 Å². The lowest BCUT2D eigenvalue weighted by molar-refractivity contribution is -0.124. The zero-order valence-electron chi connectivity index (χ0n) is 9.93. The lowest BCUT2D eigenvalue weighted by Gasteiger charge is -2.17. The van der Waals surface area contributed by atoms with Crippen LogP contribution in [0.5, 0.6) is 0 Å². The lowest BCUT2D eigenvalue weighted by atomic mass is 9.94. The molecule has 3 N–H and O–H groups in total. The van der Waals surface area contributed by atoms with E-state index in [1.807, 2.05) is 20.8 Å². The van der Waals surface area contributed by atoms with E-state index < -0.39 is 19.0 Å². The number of amides is 1. The second kappa shape index (κ2) is 7.79. The SMILES string of the molecule is CC(C)C(C)CC(=O)NCC(F)(F)CN.Cl. The molecule has 0 radical (unpaired) electrons. The van der Waals surface area contributed by atoms with Crippen LogP contribution in [0.15, 0.2) is 0 Å². The standard InChI is InChI=1S/C10H20F2N2O.ClH/c1-7(2)8(3)4-9(15)14-6-10(11,12)5-13;/h7-8H,4-6,13H2,1-3H3,(H,14,15);1H. The van der Waals surface area contributed by atoms with Crippen molar-refractivity contribution in [1.82, 2.24) is 5.32 Å². The fraction of sp³-hybridized carbons (Fsp3) is 0.900. The predicted molar refractivity (Wildman–Crippen MR) is 62.9 cm³/mol. The summed E-state index contributed by atoms with van der Waals surface area (Å²) < 4.78 is 25.3. The van der Waals surface area contributed by atoms with Crippen molar-refractivity contribution in [2.24, 2.45) is 17.6 Å². The molecule has 0 bridgehead atoms. The summed E-state index contributed by atoms with van der Waals surface area (Å²) >= 11 is 0. The predicted octanol–water partition coefficient (Wildman–Crippen LogP) is 1.80. The van der Waals surface area contributed by atoms with E-state index in [-0.39, 0.29) is 30.7 Å². The lowest BCUT2D eigenvalue weighted by Crippen LogP contribution is -2.42. The molecule has 6 heteroatoms. The summed E-state index contributed by atoms with van der Waals surface area (Å²) in [6.07, 6.45) is 0.276. The Hall–Kier alpha value is -0.420. The Balaban J connectivity index is 0. The first-order chi connectivity index (χ1) is 6.78. The van der Waals surface area contributed by atoms with Crippen LogP contribution in [0.1, 0.15) is 27.2 Å². The number of alkyl halides is 2. The molecular weight excluding hydrogens is 238 g/mol. The number of halogens is 3. The minimum Gasteiger partial charge on any atom is -0.350 e. The molecule has 0 aliphatic carbocycles. The van der Waals surface area contributed by atoms with Gasteiger partial charge in [0.2, 0.25) is 5.91 Å². The third-order valence-electron chi connectivity index (χ3n) is 2.49. The fourth-order valence-electron chi connectivity index (χ4n) is 0.900. The molecule has 0 aromatic heterocycles. The zero-order valence-corrected chi connectivity index (χ0v) is 10.7. The summed E-state index contributed by atoms with van der Waals surface area (Å²) in [5, 5.41) is 2.19. The Labute approximate surface area is 102 Å². The molecule has 0 aromatic carbocycles. The first-order valence-corrected chi connectivity index (χ1v) is 5.13. The van der Waals surface area contributed by atoms with Crippen LogP contribution in [0.4, 0.5) is 8.78 Å². The summed E-state index contributed by atoms with van der Waals surface area (Å²) in [5.74, 6) is -2.79. The highest BCUT2D eigenvalue weighted by Gasteiger charge is 2.27. The number of rotatable bonds is 6. The zero-order chi connectivity index (χ0) is 12.1. The molecule has 0 saturated heterocycles. The van der Waals surface area contributed by atoms with Gasteiger partial charge in [-0.15, -0.1) is 12.4 Å². The average Bonchev–Trinajstić information content (AvgIpc) is 2.15. The van der Waals surface area contributed by atoms with E-state index in [0.29, 0.717) is 5.92 Å². The van der Waals surface area contributed by atoms with Crippen molar-refractivity contribution in [2.75, 3.05) is 13.1 Å².